The molecule has 0 amide bonds. The predicted octanol–water partition coefficient (Wildman–Crippen LogP) is 2.20. The van der Waals surface area contributed by atoms with E-state index < -0.39 is 0 Å². The van der Waals surface area contributed by atoms with Gasteiger partial charge in [-0.05, 0) is 37.6 Å². The number of halogens is 1. The Hall–Kier alpha value is -1.68. The molecular formula is C14H18FN3. The number of hydrogen-bond acceptors (Lipinski definition) is 2. The highest BCUT2D eigenvalue weighted by Gasteiger charge is 2.02. The monoisotopic (exact) mass is 247 g/mol. The van der Waals surface area contributed by atoms with Gasteiger partial charge in [0.05, 0.1) is 5.69 Å². The van der Waals surface area contributed by atoms with Crippen LogP contribution < -0.4 is 5.32 Å². The first-order chi connectivity index (χ1) is 8.65. The molecule has 96 valence electrons. The fourth-order valence-electron chi connectivity index (χ4n) is 1.97. The third kappa shape index (κ3) is 3.40. The minimum Gasteiger partial charge on any atom is -0.312 e. The third-order valence-electron chi connectivity index (χ3n) is 2.91. The minimum absolute atomic E-state index is 0.171. The van der Waals surface area contributed by atoms with Crippen LogP contribution in [0.2, 0.25) is 0 Å². The van der Waals surface area contributed by atoms with Crippen molar-refractivity contribution in [2.24, 2.45) is 7.05 Å². The first-order valence-electron chi connectivity index (χ1n) is 6.09. The molecule has 0 aliphatic heterocycles. The van der Waals surface area contributed by atoms with E-state index in [1.165, 1.54) is 11.6 Å². The van der Waals surface area contributed by atoms with Gasteiger partial charge in [-0.15, -0.1) is 0 Å². The van der Waals surface area contributed by atoms with Gasteiger partial charge in [0.25, 0.3) is 0 Å². The summed E-state index contributed by atoms with van der Waals surface area (Å²) >= 11 is 0. The molecule has 0 saturated heterocycles. The van der Waals surface area contributed by atoms with Crippen molar-refractivity contribution in [3.8, 4) is 0 Å². The number of aryl methyl sites for hydroxylation is 2. The molecule has 2 aromatic rings. The zero-order chi connectivity index (χ0) is 13.0. The maximum absolute atomic E-state index is 13.0. The fourth-order valence-corrected chi connectivity index (χ4v) is 1.97. The molecule has 1 heterocycles. The highest BCUT2D eigenvalue weighted by molar-refractivity contribution is 5.17. The first kappa shape index (κ1) is 12.8. The Kier molecular flexibility index (Phi) is 4.10. The Morgan fingerprint density at radius 2 is 2.22 bits per heavy atom. The second-order valence-corrected chi connectivity index (χ2v) is 4.47. The van der Waals surface area contributed by atoms with E-state index in [9.17, 15) is 4.39 Å². The Bertz CT molecular complexity index is 520. The summed E-state index contributed by atoms with van der Waals surface area (Å²) in [7, 11) is 1.92. The standard InChI is InChI=1S/C14H18FN3/c1-11-13(10-18(2)17-11)9-16-7-6-12-4-3-5-14(15)8-12/h3-5,8,10,16H,6-7,9H2,1-2H3. The number of hydrogen-bond donors (Lipinski definition) is 1. The summed E-state index contributed by atoms with van der Waals surface area (Å²) in [4.78, 5) is 0. The third-order valence-corrected chi connectivity index (χ3v) is 2.91. The molecule has 0 atom stereocenters. The number of nitrogens with zero attached hydrogens (tertiary/aromatic N) is 2. The highest BCUT2D eigenvalue weighted by atomic mass is 19.1. The summed E-state index contributed by atoms with van der Waals surface area (Å²) in [5.74, 6) is -0.171. The molecule has 3 nitrogen and oxygen atoms in total. The predicted molar refractivity (Wildman–Crippen MR) is 69.8 cm³/mol. The Morgan fingerprint density at radius 1 is 1.39 bits per heavy atom. The Morgan fingerprint density at radius 3 is 2.89 bits per heavy atom. The van der Waals surface area contributed by atoms with Crippen LogP contribution in [0.15, 0.2) is 30.5 Å². The van der Waals surface area contributed by atoms with E-state index in [1.54, 1.807) is 12.1 Å². The van der Waals surface area contributed by atoms with Crippen molar-refractivity contribution < 1.29 is 4.39 Å². The Balaban J connectivity index is 1.78. The van der Waals surface area contributed by atoms with Crippen molar-refractivity contribution in [1.82, 2.24) is 15.1 Å². The molecule has 0 bridgehead atoms. The van der Waals surface area contributed by atoms with Crippen molar-refractivity contribution in [2.45, 2.75) is 19.9 Å². The van der Waals surface area contributed by atoms with Crippen LogP contribution in [0, 0.1) is 12.7 Å². The summed E-state index contributed by atoms with van der Waals surface area (Å²) in [5, 5.41) is 7.63. The molecule has 0 saturated carbocycles. The van der Waals surface area contributed by atoms with Crippen LogP contribution in [0.4, 0.5) is 4.39 Å². The van der Waals surface area contributed by atoms with E-state index in [2.05, 4.69) is 10.4 Å². The van der Waals surface area contributed by atoms with Crippen LogP contribution in [-0.4, -0.2) is 16.3 Å². The van der Waals surface area contributed by atoms with E-state index in [0.717, 1.165) is 30.8 Å². The van der Waals surface area contributed by atoms with Gasteiger partial charge < -0.3 is 5.32 Å². The van der Waals surface area contributed by atoms with Crippen molar-refractivity contribution in [3.63, 3.8) is 0 Å². The van der Waals surface area contributed by atoms with E-state index in [0.29, 0.717) is 0 Å². The van der Waals surface area contributed by atoms with Crippen LogP contribution in [-0.2, 0) is 20.0 Å². The summed E-state index contributed by atoms with van der Waals surface area (Å²) < 4.78 is 14.8. The zero-order valence-corrected chi connectivity index (χ0v) is 10.8. The lowest BCUT2D eigenvalue weighted by atomic mass is 10.1. The van der Waals surface area contributed by atoms with Gasteiger partial charge in [-0.2, -0.15) is 5.10 Å². The molecule has 1 aromatic carbocycles. The smallest absolute Gasteiger partial charge is 0.123 e. The second kappa shape index (κ2) is 5.78. The Labute approximate surface area is 107 Å². The number of benzene rings is 1. The minimum atomic E-state index is -0.171. The van der Waals surface area contributed by atoms with Crippen molar-refractivity contribution >= 4 is 0 Å². The molecule has 2 rings (SSSR count). The molecule has 0 aliphatic rings. The lowest BCUT2D eigenvalue weighted by molar-refractivity contribution is 0.622. The van der Waals surface area contributed by atoms with Gasteiger partial charge in [0.15, 0.2) is 0 Å². The second-order valence-electron chi connectivity index (χ2n) is 4.47. The van der Waals surface area contributed by atoms with Crippen LogP contribution in [0.3, 0.4) is 0 Å². The SMILES string of the molecule is Cc1nn(C)cc1CNCCc1cccc(F)c1. The number of nitrogens with one attached hydrogen (secondary N) is 1. The van der Waals surface area contributed by atoms with Crippen molar-refractivity contribution in [3.05, 3.63) is 53.1 Å². The summed E-state index contributed by atoms with van der Waals surface area (Å²) in [6.45, 7) is 3.64. The zero-order valence-electron chi connectivity index (χ0n) is 10.8. The molecule has 18 heavy (non-hydrogen) atoms. The van der Waals surface area contributed by atoms with Gasteiger partial charge in [-0.3, -0.25) is 4.68 Å². The average Bonchev–Trinajstić information content (AvgIpc) is 2.64. The largest absolute Gasteiger partial charge is 0.312 e. The molecule has 4 heteroatoms. The summed E-state index contributed by atoms with van der Waals surface area (Å²) in [6, 6.07) is 6.74. The molecule has 0 spiro atoms. The van der Waals surface area contributed by atoms with Gasteiger partial charge in [-0.25, -0.2) is 4.39 Å². The quantitative estimate of drug-likeness (QED) is 0.821. The van der Waals surface area contributed by atoms with Gasteiger partial charge in [0, 0.05) is 25.4 Å². The molecule has 1 N–H and O–H groups in total. The van der Waals surface area contributed by atoms with Crippen LogP contribution in [0.25, 0.3) is 0 Å². The molecule has 0 aliphatic carbocycles. The molecule has 0 fully saturated rings. The van der Waals surface area contributed by atoms with Gasteiger partial charge in [-0.1, -0.05) is 12.1 Å². The normalized spacial score (nSPS) is 10.8. The van der Waals surface area contributed by atoms with Crippen LogP contribution in [0.1, 0.15) is 16.8 Å². The average molecular weight is 247 g/mol. The van der Waals surface area contributed by atoms with E-state index in [4.69, 9.17) is 0 Å². The van der Waals surface area contributed by atoms with Crippen molar-refractivity contribution in [2.75, 3.05) is 6.54 Å². The van der Waals surface area contributed by atoms with Crippen LogP contribution in [0.5, 0.6) is 0 Å². The van der Waals surface area contributed by atoms with Gasteiger partial charge in [0.2, 0.25) is 0 Å². The van der Waals surface area contributed by atoms with E-state index >= 15 is 0 Å². The highest BCUT2D eigenvalue weighted by Crippen LogP contribution is 2.05. The first-order valence-corrected chi connectivity index (χ1v) is 6.09. The molecular weight excluding hydrogens is 229 g/mol. The maximum Gasteiger partial charge on any atom is 0.123 e. The van der Waals surface area contributed by atoms with Gasteiger partial charge in [0.1, 0.15) is 5.82 Å². The van der Waals surface area contributed by atoms with E-state index in [1.807, 2.05) is 30.9 Å². The maximum atomic E-state index is 13.0. The number of rotatable bonds is 5. The molecule has 0 radical (unpaired) electrons. The van der Waals surface area contributed by atoms with E-state index in [-0.39, 0.29) is 5.82 Å². The lowest BCUT2D eigenvalue weighted by Gasteiger charge is -2.04. The fraction of sp³-hybridized carbons (Fsp3) is 0.357. The molecule has 0 unspecified atom stereocenters. The summed E-state index contributed by atoms with van der Waals surface area (Å²) in [6.07, 6.45) is 2.85. The lowest BCUT2D eigenvalue weighted by Crippen LogP contribution is -2.16. The van der Waals surface area contributed by atoms with Crippen molar-refractivity contribution in [1.29, 1.82) is 0 Å². The summed E-state index contributed by atoms with van der Waals surface area (Å²) in [5.41, 5.74) is 3.28. The molecule has 1 aromatic heterocycles. The topological polar surface area (TPSA) is 29.9 Å². The van der Waals surface area contributed by atoms with Gasteiger partial charge >= 0.3 is 0 Å². The number of aromatic nitrogens is 2. The van der Waals surface area contributed by atoms with Crippen LogP contribution >= 0.6 is 0 Å².